The van der Waals surface area contributed by atoms with E-state index in [0.717, 1.165) is 0 Å². The Morgan fingerprint density at radius 3 is 2.82 bits per heavy atom. The van der Waals surface area contributed by atoms with Gasteiger partial charge in [-0.2, -0.15) is 0 Å². The van der Waals surface area contributed by atoms with Crippen molar-refractivity contribution in [3.05, 3.63) is 51.6 Å². The Labute approximate surface area is 103 Å². The van der Waals surface area contributed by atoms with Gasteiger partial charge in [-0.25, -0.2) is 0 Å². The molecule has 0 fully saturated rings. The molecule has 90 valence electrons. The number of nitrogens with zero attached hydrogens (tertiary/aromatic N) is 2. The summed E-state index contributed by atoms with van der Waals surface area (Å²) < 4.78 is 0. The molecule has 0 radical (unpaired) electrons. The fourth-order valence-electron chi connectivity index (χ4n) is 1.32. The van der Waals surface area contributed by atoms with E-state index in [2.05, 4.69) is 6.58 Å². The van der Waals surface area contributed by atoms with Crippen molar-refractivity contribution in [1.29, 1.82) is 0 Å². The molecule has 0 aromatic heterocycles. The van der Waals surface area contributed by atoms with Crippen molar-refractivity contribution in [2.75, 3.05) is 13.6 Å². The van der Waals surface area contributed by atoms with Crippen LogP contribution in [0.3, 0.4) is 0 Å². The second kappa shape index (κ2) is 5.45. The van der Waals surface area contributed by atoms with Crippen LogP contribution in [0.2, 0.25) is 5.02 Å². The Bertz CT molecular complexity index is 474. The lowest BCUT2D eigenvalue weighted by Gasteiger charge is -2.14. The number of benzene rings is 1. The number of hydrogen-bond donors (Lipinski definition) is 0. The van der Waals surface area contributed by atoms with Crippen molar-refractivity contribution in [2.45, 2.75) is 0 Å². The molecular formula is C11H11ClN2O3. The van der Waals surface area contributed by atoms with Crippen LogP contribution in [0, 0.1) is 10.1 Å². The maximum atomic E-state index is 11.9. The highest BCUT2D eigenvalue weighted by atomic mass is 35.5. The monoisotopic (exact) mass is 254 g/mol. The minimum atomic E-state index is -0.606. The number of likely N-dealkylation sites (N-methyl/N-ethyl adjacent to an activating group) is 1. The topological polar surface area (TPSA) is 63.5 Å². The molecule has 0 saturated heterocycles. The van der Waals surface area contributed by atoms with Crippen LogP contribution in [0.1, 0.15) is 10.4 Å². The van der Waals surface area contributed by atoms with Crippen LogP contribution in [0.5, 0.6) is 0 Å². The third kappa shape index (κ3) is 3.04. The number of carbonyl (C=O) groups is 1. The van der Waals surface area contributed by atoms with Gasteiger partial charge in [0, 0.05) is 24.7 Å². The standard InChI is InChI=1S/C11H11ClN2O3/c1-3-6-13(2)11(15)9-7-8(12)4-5-10(9)14(16)17/h3-5,7H,1,6H2,2H3. The molecular weight excluding hydrogens is 244 g/mol. The number of carbonyl (C=O) groups excluding carboxylic acids is 1. The third-order valence-corrected chi connectivity index (χ3v) is 2.37. The number of hydrogen-bond acceptors (Lipinski definition) is 3. The summed E-state index contributed by atoms with van der Waals surface area (Å²) in [5, 5.41) is 11.1. The largest absolute Gasteiger partial charge is 0.338 e. The lowest BCUT2D eigenvalue weighted by molar-refractivity contribution is -0.385. The van der Waals surface area contributed by atoms with Gasteiger partial charge in [0.05, 0.1) is 4.92 Å². The van der Waals surface area contributed by atoms with E-state index in [9.17, 15) is 14.9 Å². The summed E-state index contributed by atoms with van der Waals surface area (Å²) >= 11 is 5.73. The number of nitro benzene ring substituents is 1. The van der Waals surface area contributed by atoms with Crippen molar-refractivity contribution >= 4 is 23.2 Å². The molecule has 0 bridgehead atoms. The highest BCUT2D eigenvalue weighted by Crippen LogP contribution is 2.23. The first-order valence-corrected chi connectivity index (χ1v) is 5.15. The first-order valence-electron chi connectivity index (χ1n) is 4.77. The van der Waals surface area contributed by atoms with Gasteiger partial charge in [0.1, 0.15) is 5.56 Å². The van der Waals surface area contributed by atoms with Crippen molar-refractivity contribution < 1.29 is 9.72 Å². The van der Waals surface area contributed by atoms with Gasteiger partial charge in [0.15, 0.2) is 0 Å². The molecule has 17 heavy (non-hydrogen) atoms. The molecule has 1 aromatic carbocycles. The average Bonchev–Trinajstić information content (AvgIpc) is 2.27. The van der Waals surface area contributed by atoms with E-state index in [4.69, 9.17) is 11.6 Å². The SMILES string of the molecule is C=CCN(C)C(=O)c1cc(Cl)ccc1[N+](=O)[O-]. The molecule has 0 atom stereocenters. The predicted molar refractivity (Wildman–Crippen MR) is 65.3 cm³/mol. The maximum Gasteiger partial charge on any atom is 0.282 e. The molecule has 0 aliphatic carbocycles. The van der Waals surface area contributed by atoms with Crippen molar-refractivity contribution in [1.82, 2.24) is 4.90 Å². The molecule has 1 aromatic rings. The highest BCUT2D eigenvalue weighted by Gasteiger charge is 2.22. The van der Waals surface area contributed by atoms with Gasteiger partial charge < -0.3 is 4.90 Å². The molecule has 5 nitrogen and oxygen atoms in total. The van der Waals surface area contributed by atoms with Gasteiger partial charge in [-0.3, -0.25) is 14.9 Å². The van der Waals surface area contributed by atoms with Crippen LogP contribution >= 0.6 is 11.6 Å². The van der Waals surface area contributed by atoms with E-state index in [1.54, 1.807) is 0 Å². The zero-order chi connectivity index (χ0) is 13.0. The van der Waals surface area contributed by atoms with Crippen LogP contribution in [-0.2, 0) is 0 Å². The van der Waals surface area contributed by atoms with Gasteiger partial charge in [-0.05, 0) is 12.1 Å². The minimum absolute atomic E-state index is 0.0214. The summed E-state index contributed by atoms with van der Waals surface area (Å²) in [6.07, 6.45) is 1.54. The summed E-state index contributed by atoms with van der Waals surface area (Å²) in [5.74, 6) is -0.459. The molecule has 0 unspecified atom stereocenters. The Hall–Kier alpha value is -1.88. The molecule has 0 N–H and O–H groups in total. The Kier molecular flexibility index (Phi) is 4.23. The third-order valence-electron chi connectivity index (χ3n) is 2.14. The van der Waals surface area contributed by atoms with Gasteiger partial charge in [-0.15, -0.1) is 6.58 Å². The Morgan fingerprint density at radius 2 is 2.29 bits per heavy atom. The quantitative estimate of drug-likeness (QED) is 0.471. The fourth-order valence-corrected chi connectivity index (χ4v) is 1.49. The normalized spacial score (nSPS) is 9.76. The summed E-state index contributed by atoms with van der Waals surface area (Å²) in [6.45, 7) is 3.81. The van der Waals surface area contributed by atoms with Crippen LogP contribution < -0.4 is 0 Å². The summed E-state index contributed by atoms with van der Waals surface area (Å²) in [4.78, 5) is 23.4. The van der Waals surface area contributed by atoms with Crippen LogP contribution in [0.4, 0.5) is 5.69 Å². The molecule has 1 rings (SSSR count). The van der Waals surface area contributed by atoms with Crippen molar-refractivity contribution in [3.8, 4) is 0 Å². The molecule has 0 spiro atoms. The average molecular weight is 255 g/mol. The Morgan fingerprint density at radius 1 is 1.65 bits per heavy atom. The van der Waals surface area contributed by atoms with E-state index in [-0.39, 0.29) is 16.3 Å². The lowest BCUT2D eigenvalue weighted by atomic mass is 10.1. The molecule has 1 amide bonds. The number of rotatable bonds is 4. The minimum Gasteiger partial charge on any atom is -0.338 e. The summed E-state index contributed by atoms with van der Waals surface area (Å²) in [7, 11) is 1.54. The molecule has 0 saturated carbocycles. The van der Waals surface area contributed by atoms with Gasteiger partial charge >= 0.3 is 0 Å². The van der Waals surface area contributed by atoms with Crippen molar-refractivity contribution in [3.63, 3.8) is 0 Å². The fraction of sp³-hybridized carbons (Fsp3) is 0.182. The summed E-state index contributed by atoms with van der Waals surface area (Å²) in [5.41, 5.74) is -0.276. The van der Waals surface area contributed by atoms with Crippen molar-refractivity contribution in [2.24, 2.45) is 0 Å². The maximum absolute atomic E-state index is 11.9. The first-order chi connectivity index (χ1) is 7.97. The van der Waals surface area contributed by atoms with Gasteiger partial charge in [-0.1, -0.05) is 17.7 Å². The van der Waals surface area contributed by atoms with Crippen LogP contribution in [0.25, 0.3) is 0 Å². The van der Waals surface area contributed by atoms with Crippen LogP contribution in [-0.4, -0.2) is 29.3 Å². The molecule has 6 heteroatoms. The van der Waals surface area contributed by atoms with E-state index in [1.807, 2.05) is 0 Å². The zero-order valence-corrected chi connectivity index (χ0v) is 9.98. The Balaban J connectivity index is 3.19. The predicted octanol–water partition coefficient (Wildman–Crippen LogP) is 2.51. The van der Waals surface area contributed by atoms with E-state index < -0.39 is 10.8 Å². The molecule has 0 heterocycles. The van der Waals surface area contributed by atoms with E-state index in [0.29, 0.717) is 6.54 Å². The van der Waals surface area contributed by atoms with E-state index in [1.165, 1.54) is 36.2 Å². The molecule has 0 aliphatic rings. The number of nitro groups is 1. The zero-order valence-electron chi connectivity index (χ0n) is 9.22. The van der Waals surface area contributed by atoms with Crippen LogP contribution in [0.15, 0.2) is 30.9 Å². The smallest absolute Gasteiger partial charge is 0.282 e. The first kappa shape index (κ1) is 13.2. The molecule has 0 aliphatic heterocycles. The van der Waals surface area contributed by atoms with Gasteiger partial charge in [0.25, 0.3) is 11.6 Å². The number of halogens is 1. The second-order valence-electron chi connectivity index (χ2n) is 3.39. The second-order valence-corrected chi connectivity index (χ2v) is 3.83. The number of amides is 1. The lowest BCUT2D eigenvalue weighted by Crippen LogP contribution is -2.27. The van der Waals surface area contributed by atoms with E-state index >= 15 is 0 Å². The summed E-state index contributed by atoms with van der Waals surface area (Å²) in [6, 6.07) is 3.89. The van der Waals surface area contributed by atoms with Gasteiger partial charge in [0.2, 0.25) is 0 Å². The highest BCUT2D eigenvalue weighted by molar-refractivity contribution is 6.31.